The Labute approximate surface area is 156 Å². The average molecular weight is 399 g/mol. The fourth-order valence-electron chi connectivity index (χ4n) is 2.51. The first-order valence-electron chi connectivity index (χ1n) is 8.17. The van der Waals surface area contributed by atoms with Gasteiger partial charge in [0.25, 0.3) is 5.91 Å². The highest BCUT2D eigenvalue weighted by atomic mass is 32.2. The second-order valence-corrected chi connectivity index (χ2v) is 8.27. The number of Topliss-reactive ketones (excluding diaryl/α,β-unsaturated/α-hetero) is 1. The third-order valence-corrected chi connectivity index (χ3v) is 5.65. The number of esters is 1. The maximum Gasteiger partial charge on any atom is 0.344 e. The van der Waals surface area contributed by atoms with Gasteiger partial charge in [0.1, 0.15) is 0 Å². The van der Waals surface area contributed by atoms with Crippen LogP contribution in [0.4, 0.5) is 0 Å². The molecule has 1 aromatic rings. The number of hydrogen-bond donors (Lipinski definition) is 1. The minimum atomic E-state index is -3.10. The number of ketones is 1. The normalized spacial score (nSPS) is 17.8. The molecule has 27 heavy (non-hydrogen) atoms. The van der Waals surface area contributed by atoms with Gasteiger partial charge >= 0.3 is 5.97 Å². The summed E-state index contributed by atoms with van der Waals surface area (Å²) in [4.78, 5) is 34.8. The Bertz CT molecular complexity index is 833. The van der Waals surface area contributed by atoms with Crippen LogP contribution in [0.1, 0.15) is 23.7 Å². The molecule has 1 aromatic carbocycles. The van der Waals surface area contributed by atoms with Gasteiger partial charge in [-0.2, -0.15) is 0 Å². The first kappa shape index (κ1) is 20.7. The van der Waals surface area contributed by atoms with Crippen LogP contribution in [0.3, 0.4) is 0 Å². The van der Waals surface area contributed by atoms with Gasteiger partial charge in [0.05, 0.1) is 18.6 Å². The lowest BCUT2D eigenvalue weighted by atomic mass is 10.1. The molecule has 1 amide bonds. The van der Waals surface area contributed by atoms with Crippen LogP contribution in [0, 0.1) is 0 Å². The van der Waals surface area contributed by atoms with Crippen molar-refractivity contribution in [2.24, 2.45) is 0 Å². The lowest BCUT2D eigenvalue weighted by Crippen LogP contribution is -2.38. The number of carbonyl (C=O) groups is 3. The largest absolute Gasteiger partial charge is 0.493 e. The van der Waals surface area contributed by atoms with Crippen LogP contribution in [0.5, 0.6) is 11.5 Å². The zero-order chi connectivity index (χ0) is 20.0. The fraction of sp³-hybridized carbons (Fsp3) is 0.471. The minimum Gasteiger partial charge on any atom is -0.493 e. The fourth-order valence-corrected chi connectivity index (χ4v) is 4.18. The van der Waals surface area contributed by atoms with Crippen LogP contribution in [-0.2, 0) is 24.2 Å². The second-order valence-electron chi connectivity index (χ2n) is 6.04. The number of amides is 1. The molecule has 1 heterocycles. The summed E-state index contributed by atoms with van der Waals surface area (Å²) in [5, 5.41) is 2.51. The van der Waals surface area contributed by atoms with E-state index < -0.39 is 41.0 Å². The van der Waals surface area contributed by atoms with Crippen molar-refractivity contribution in [1.82, 2.24) is 5.32 Å². The van der Waals surface area contributed by atoms with E-state index in [0.29, 0.717) is 12.0 Å². The van der Waals surface area contributed by atoms with Gasteiger partial charge in [-0.05, 0) is 31.5 Å². The monoisotopic (exact) mass is 399 g/mol. The molecule has 148 valence electrons. The van der Waals surface area contributed by atoms with E-state index in [0.717, 1.165) is 0 Å². The highest BCUT2D eigenvalue weighted by Crippen LogP contribution is 2.28. The standard InChI is InChI=1S/C17H21NO8S/c1-11(19)12-3-4-14(15(7-12)24-2)25-9-17(21)26-8-16(20)18-13-5-6-27(22,23)10-13/h3-4,7,13H,5-6,8-10H2,1-2H3,(H,18,20)/t13-/m1/s1. The Kier molecular flexibility index (Phi) is 6.78. The molecule has 1 fully saturated rings. The molecule has 2 rings (SSSR count). The topological polar surface area (TPSA) is 125 Å². The van der Waals surface area contributed by atoms with Crippen molar-refractivity contribution in [2.45, 2.75) is 19.4 Å². The van der Waals surface area contributed by atoms with Crippen LogP contribution < -0.4 is 14.8 Å². The van der Waals surface area contributed by atoms with Crippen molar-refractivity contribution in [3.8, 4) is 11.5 Å². The Morgan fingerprint density at radius 3 is 2.52 bits per heavy atom. The summed E-state index contributed by atoms with van der Waals surface area (Å²) < 4.78 is 37.9. The molecule has 0 unspecified atom stereocenters. The molecule has 1 atom stereocenters. The van der Waals surface area contributed by atoms with Crippen molar-refractivity contribution in [2.75, 3.05) is 31.8 Å². The van der Waals surface area contributed by atoms with E-state index >= 15 is 0 Å². The zero-order valence-corrected chi connectivity index (χ0v) is 15.8. The third kappa shape index (κ3) is 6.24. The zero-order valence-electron chi connectivity index (χ0n) is 15.0. The molecule has 0 saturated carbocycles. The maximum atomic E-state index is 11.7. The van der Waals surface area contributed by atoms with Crippen molar-refractivity contribution < 1.29 is 37.0 Å². The summed E-state index contributed by atoms with van der Waals surface area (Å²) in [6.45, 7) is 0.429. The molecule has 0 radical (unpaired) electrons. The molecule has 10 heteroatoms. The number of hydrogen-bond acceptors (Lipinski definition) is 8. The van der Waals surface area contributed by atoms with E-state index in [-0.39, 0.29) is 28.8 Å². The first-order chi connectivity index (χ1) is 12.7. The molecule has 0 aromatic heterocycles. The average Bonchev–Trinajstić information content (AvgIpc) is 2.96. The Morgan fingerprint density at radius 2 is 1.93 bits per heavy atom. The number of benzene rings is 1. The summed E-state index contributed by atoms with van der Waals surface area (Å²) >= 11 is 0. The summed E-state index contributed by atoms with van der Waals surface area (Å²) in [6, 6.07) is 4.07. The third-order valence-electron chi connectivity index (χ3n) is 3.88. The smallest absolute Gasteiger partial charge is 0.344 e. The molecule has 0 bridgehead atoms. The summed E-state index contributed by atoms with van der Waals surface area (Å²) in [7, 11) is -1.70. The molecular formula is C17H21NO8S. The van der Waals surface area contributed by atoms with Gasteiger partial charge in [-0.15, -0.1) is 0 Å². The van der Waals surface area contributed by atoms with E-state index in [9.17, 15) is 22.8 Å². The highest BCUT2D eigenvalue weighted by molar-refractivity contribution is 7.91. The van der Waals surface area contributed by atoms with Gasteiger partial charge in [0, 0.05) is 11.6 Å². The van der Waals surface area contributed by atoms with Gasteiger partial charge < -0.3 is 19.5 Å². The number of rotatable bonds is 8. The molecule has 1 aliphatic rings. The lowest BCUT2D eigenvalue weighted by molar-refractivity contribution is -0.150. The van der Waals surface area contributed by atoms with Crippen LogP contribution in [-0.4, -0.2) is 63.9 Å². The van der Waals surface area contributed by atoms with Crippen molar-refractivity contribution in [3.05, 3.63) is 23.8 Å². The molecule has 1 N–H and O–H groups in total. The van der Waals surface area contributed by atoms with E-state index in [1.165, 1.54) is 32.2 Å². The van der Waals surface area contributed by atoms with Gasteiger partial charge in [-0.25, -0.2) is 13.2 Å². The lowest BCUT2D eigenvalue weighted by Gasteiger charge is -2.12. The molecule has 0 spiro atoms. The SMILES string of the molecule is COc1cc(C(C)=O)ccc1OCC(=O)OCC(=O)N[C@@H]1CCS(=O)(=O)C1. The Hall–Kier alpha value is -2.62. The van der Waals surface area contributed by atoms with Crippen LogP contribution >= 0.6 is 0 Å². The van der Waals surface area contributed by atoms with Gasteiger partial charge in [0.2, 0.25) is 0 Å². The van der Waals surface area contributed by atoms with E-state index in [1.807, 2.05) is 0 Å². The van der Waals surface area contributed by atoms with Crippen molar-refractivity contribution in [3.63, 3.8) is 0 Å². The predicted octanol–water partition coefficient (Wildman–Crippen LogP) is 0.123. The molecule has 0 aliphatic carbocycles. The van der Waals surface area contributed by atoms with Gasteiger partial charge in [0.15, 0.2) is 40.3 Å². The first-order valence-corrected chi connectivity index (χ1v) is 9.99. The molecule has 9 nitrogen and oxygen atoms in total. The number of ether oxygens (including phenoxy) is 3. The summed E-state index contributed by atoms with van der Waals surface area (Å²) in [6.07, 6.45) is 0.348. The minimum absolute atomic E-state index is 0.0375. The Morgan fingerprint density at radius 1 is 1.19 bits per heavy atom. The predicted molar refractivity (Wildman–Crippen MR) is 94.7 cm³/mol. The van der Waals surface area contributed by atoms with Gasteiger partial charge in [-0.3, -0.25) is 9.59 Å². The van der Waals surface area contributed by atoms with Crippen LogP contribution in [0.15, 0.2) is 18.2 Å². The summed E-state index contributed by atoms with van der Waals surface area (Å²) in [5.41, 5.74) is 0.437. The molecular weight excluding hydrogens is 378 g/mol. The van der Waals surface area contributed by atoms with E-state index in [2.05, 4.69) is 5.32 Å². The van der Waals surface area contributed by atoms with Crippen LogP contribution in [0.2, 0.25) is 0 Å². The highest BCUT2D eigenvalue weighted by Gasteiger charge is 2.29. The number of sulfone groups is 1. The van der Waals surface area contributed by atoms with Gasteiger partial charge in [-0.1, -0.05) is 0 Å². The maximum absolute atomic E-state index is 11.7. The quantitative estimate of drug-likeness (QED) is 0.483. The second kappa shape index (κ2) is 8.85. The van der Waals surface area contributed by atoms with Crippen molar-refractivity contribution >= 4 is 27.5 Å². The summed E-state index contributed by atoms with van der Waals surface area (Å²) in [5.74, 6) is -1.02. The molecule has 1 aliphatic heterocycles. The van der Waals surface area contributed by atoms with E-state index in [4.69, 9.17) is 14.2 Å². The number of nitrogens with one attached hydrogen (secondary N) is 1. The van der Waals surface area contributed by atoms with E-state index in [1.54, 1.807) is 0 Å². The number of carbonyl (C=O) groups excluding carboxylic acids is 3. The van der Waals surface area contributed by atoms with Crippen molar-refractivity contribution in [1.29, 1.82) is 0 Å². The number of methoxy groups -OCH3 is 1. The Balaban J connectivity index is 1.78. The molecule has 1 saturated heterocycles. The van der Waals surface area contributed by atoms with Crippen LogP contribution in [0.25, 0.3) is 0 Å².